The SMILES string of the molecule is Cc1ccc(NC(=O)/C(C#N)=C\c2cn(CCOc3ccccc3)c3ccccc23)cc1C. The van der Waals surface area contributed by atoms with Crippen LogP contribution < -0.4 is 10.1 Å². The first-order chi connectivity index (χ1) is 16.0. The molecule has 0 unspecified atom stereocenters. The summed E-state index contributed by atoms with van der Waals surface area (Å²) >= 11 is 0. The molecular formula is C28H25N3O2. The van der Waals surface area contributed by atoms with Crippen molar-refractivity contribution in [2.45, 2.75) is 20.4 Å². The van der Waals surface area contributed by atoms with Crippen LogP contribution in [0, 0.1) is 25.2 Å². The van der Waals surface area contributed by atoms with Crippen molar-refractivity contribution in [1.29, 1.82) is 5.26 Å². The largest absolute Gasteiger partial charge is 0.492 e. The van der Waals surface area contributed by atoms with Crippen LogP contribution in [0.25, 0.3) is 17.0 Å². The number of nitriles is 1. The molecule has 0 aliphatic carbocycles. The number of hydrogen-bond acceptors (Lipinski definition) is 3. The maximum Gasteiger partial charge on any atom is 0.266 e. The molecule has 1 aromatic heterocycles. The first-order valence-electron chi connectivity index (χ1n) is 10.8. The van der Waals surface area contributed by atoms with Gasteiger partial charge in [0, 0.05) is 28.4 Å². The summed E-state index contributed by atoms with van der Waals surface area (Å²) in [6.07, 6.45) is 3.60. The molecule has 33 heavy (non-hydrogen) atoms. The number of rotatable bonds is 7. The molecule has 164 valence electrons. The highest BCUT2D eigenvalue weighted by Crippen LogP contribution is 2.24. The number of aromatic nitrogens is 1. The Hall–Kier alpha value is -4.30. The minimum Gasteiger partial charge on any atom is -0.492 e. The van der Waals surface area contributed by atoms with E-state index in [0.717, 1.165) is 33.3 Å². The highest BCUT2D eigenvalue weighted by atomic mass is 16.5. The van der Waals surface area contributed by atoms with Crippen molar-refractivity contribution in [3.63, 3.8) is 0 Å². The highest BCUT2D eigenvalue weighted by Gasteiger charge is 2.13. The van der Waals surface area contributed by atoms with Gasteiger partial charge in [-0.2, -0.15) is 5.26 Å². The van der Waals surface area contributed by atoms with Crippen molar-refractivity contribution in [3.05, 3.63) is 101 Å². The van der Waals surface area contributed by atoms with E-state index in [1.165, 1.54) is 0 Å². The van der Waals surface area contributed by atoms with Crippen LogP contribution in [0.1, 0.15) is 16.7 Å². The molecule has 1 N–H and O–H groups in total. The average molecular weight is 436 g/mol. The molecule has 3 aromatic carbocycles. The Kier molecular flexibility index (Phi) is 6.56. The molecule has 0 radical (unpaired) electrons. The van der Waals surface area contributed by atoms with Gasteiger partial charge in [-0.25, -0.2) is 0 Å². The fourth-order valence-electron chi connectivity index (χ4n) is 3.68. The van der Waals surface area contributed by atoms with Crippen LogP contribution in [-0.2, 0) is 11.3 Å². The minimum atomic E-state index is -0.426. The van der Waals surface area contributed by atoms with Crippen molar-refractivity contribution >= 4 is 28.6 Å². The zero-order valence-corrected chi connectivity index (χ0v) is 18.7. The molecule has 5 heteroatoms. The molecule has 0 spiro atoms. The summed E-state index contributed by atoms with van der Waals surface area (Å²) < 4.78 is 7.92. The summed E-state index contributed by atoms with van der Waals surface area (Å²) in [5.41, 5.74) is 4.79. The van der Waals surface area contributed by atoms with Gasteiger partial charge in [0.1, 0.15) is 24.0 Å². The van der Waals surface area contributed by atoms with Gasteiger partial charge in [-0.05, 0) is 61.4 Å². The Morgan fingerprint density at radius 1 is 1.03 bits per heavy atom. The van der Waals surface area contributed by atoms with E-state index in [1.807, 2.05) is 92.8 Å². The van der Waals surface area contributed by atoms with Crippen molar-refractivity contribution < 1.29 is 9.53 Å². The lowest BCUT2D eigenvalue weighted by Crippen LogP contribution is -2.13. The first kappa shape index (κ1) is 21.9. The van der Waals surface area contributed by atoms with Gasteiger partial charge in [0.15, 0.2) is 0 Å². The minimum absolute atomic E-state index is 0.0525. The number of amides is 1. The number of hydrogen-bond donors (Lipinski definition) is 1. The average Bonchev–Trinajstić information content (AvgIpc) is 3.18. The van der Waals surface area contributed by atoms with E-state index < -0.39 is 5.91 Å². The standard InChI is InChI=1S/C28H25N3O2/c1-20-12-13-24(16-21(20)2)30-28(32)22(18-29)17-23-19-31(27-11-7-6-10-26(23)27)14-15-33-25-8-4-3-5-9-25/h3-13,16-17,19H,14-15H2,1-2H3,(H,30,32)/b22-17-. The van der Waals surface area contributed by atoms with Crippen LogP contribution in [0.4, 0.5) is 5.69 Å². The molecule has 0 saturated heterocycles. The lowest BCUT2D eigenvalue weighted by atomic mass is 10.1. The summed E-state index contributed by atoms with van der Waals surface area (Å²) in [6.45, 7) is 5.15. The quantitative estimate of drug-likeness (QED) is 0.291. The number of ether oxygens (including phenoxy) is 1. The number of carbonyl (C=O) groups excluding carboxylic acids is 1. The zero-order chi connectivity index (χ0) is 23.2. The number of fused-ring (bicyclic) bond motifs is 1. The van der Waals surface area contributed by atoms with Gasteiger partial charge in [0.05, 0.1) is 6.54 Å². The summed E-state index contributed by atoms with van der Waals surface area (Å²) in [4.78, 5) is 12.8. The maximum atomic E-state index is 12.8. The van der Waals surface area contributed by atoms with Gasteiger partial charge in [0.25, 0.3) is 5.91 Å². The van der Waals surface area contributed by atoms with E-state index in [9.17, 15) is 10.1 Å². The number of nitrogens with one attached hydrogen (secondary N) is 1. The molecule has 0 atom stereocenters. The summed E-state index contributed by atoms with van der Waals surface area (Å²) in [5.74, 6) is 0.397. The number of aryl methyl sites for hydroxylation is 2. The molecule has 5 nitrogen and oxygen atoms in total. The smallest absolute Gasteiger partial charge is 0.266 e. The third-order valence-electron chi connectivity index (χ3n) is 5.59. The van der Waals surface area contributed by atoms with E-state index in [4.69, 9.17) is 4.74 Å². The molecule has 1 amide bonds. The fraction of sp³-hybridized carbons (Fsp3) is 0.143. The normalized spacial score (nSPS) is 11.2. The zero-order valence-electron chi connectivity index (χ0n) is 18.7. The van der Waals surface area contributed by atoms with E-state index in [-0.39, 0.29) is 5.57 Å². The van der Waals surface area contributed by atoms with Gasteiger partial charge in [-0.1, -0.05) is 42.5 Å². The van der Waals surface area contributed by atoms with Crippen LogP contribution in [0.3, 0.4) is 0 Å². The van der Waals surface area contributed by atoms with Crippen LogP contribution >= 0.6 is 0 Å². The number of benzene rings is 3. The highest BCUT2D eigenvalue weighted by molar-refractivity contribution is 6.10. The van der Waals surface area contributed by atoms with Gasteiger partial charge < -0.3 is 14.6 Å². The fourth-order valence-corrected chi connectivity index (χ4v) is 3.68. The molecular weight excluding hydrogens is 410 g/mol. The maximum absolute atomic E-state index is 12.8. The molecule has 0 aliphatic heterocycles. The number of para-hydroxylation sites is 2. The Morgan fingerprint density at radius 2 is 1.79 bits per heavy atom. The van der Waals surface area contributed by atoms with E-state index in [0.29, 0.717) is 18.8 Å². The third-order valence-corrected chi connectivity index (χ3v) is 5.59. The molecule has 1 heterocycles. The predicted octanol–water partition coefficient (Wildman–Crippen LogP) is 5.88. The van der Waals surface area contributed by atoms with Crippen molar-refractivity contribution in [3.8, 4) is 11.8 Å². The monoisotopic (exact) mass is 435 g/mol. The second-order valence-corrected chi connectivity index (χ2v) is 7.88. The van der Waals surface area contributed by atoms with Gasteiger partial charge in [-0.15, -0.1) is 0 Å². The van der Waals surface area contributed by atoms with Crippen LogP contribution in [0.2, 0.25) is 0 Å². The summed E-state index contributed by atoms with van der Waals surface area (Å²) in [7, 11) is 0. The molecule has 4 rings (SSSR count). The van der Waals surface area contributed by atoms with Crippen molar-refractivity contribution in [1.82, 2.24) is 4.57 Å². The number of anilines is 1. The predicted molar refractivity (Wildman–Crippen MR) is 132 cm³/mol. The van der Waals surface area contributed by atoms with Crippen LogP contribution in [0.15, 0.2) is 84.6 Å². The second-order valence-electron chi connectivity index (χ2n) is 7.88. The van der Waals surface area contributed by atoms with Crippen molar-refractivity contribution in [2.24, 2.45) is 0 Å². The van der Waals surface area contributed by atoms with E-state index >= 15 is 0 Å². The Morgan fingerprint density at radius 3 is 2.55 bits per heavy atom. The number of carbonyl (C=O) groups is 1. The van der Waals surface area contributed by atoms with Gasteiger partial charge in [0.2, 0.25) is 0 Å². The van der Waals surface area contributed by atoms with Crippen LogP contribution in [0.5, 0.6) is 5.75 Å². The Balaban J connectivity index is 1.56. The summed E-state index contributed by atoms with van der Waals surface area (Å²) in [6, 6.07) is 25.4. The lowest BCUT2D eigenvalue weighted by molar-refractivity contribution is -0.112. The lowest BCUT2D eigenvalue weighted by Gasteiger charge is -2.08. The third kappa shape index (κ3) is 5.13. The molecule has 0 aliphatic rings. The molecule has 0 bridgehead atoms. The van der Waals surface area contributed by atoms with E-state index in [2.05, 4.69) is 16.0 Å². The molecule has 0 saturated carbocycles. The van der Waals surface area contributed by atoms with Crippen LogP contribution in [-0.4, -0.2) is 17.1 Å². The Bertz CT molecular complexity index is 1360. The van der Waals surface area contributed by atoms with E-state index in [1.54, 1.807) is 6.08 Å². The van der Waals surface area contributed by atoms with Crippen molar-refractivity contribution in [2.75, 3.05) is 11.9 Å². The topological polar surface area (TPSA) is 67.0 Å². The second kappa shape index (κ2) is 9.88. The van der Waals surface area contributed by atoms with Gasteiger partial charge in [-0.3, -0.25) is 4.79 Å². The molecule has 0 fully saturated rings. The Labute approximate surface area is 193 Å². The first-order valence-corrected chi connectivity index (χ1v) is 10.8. The molecule has 4 aromatic rings. The van der Waals surface area contributed by atoms with Gasteiger partial charge >= 0.3 is 0 Å². The number of nitrogens with zero attached hydrogens (tertiary/aromatic N) is 2. The summed E-state index contributed by atoms with van der Waals surface area (Å²) in [5, 5.41) is 13.5.